The van der Waals surface area contributed by atoms with Crippen LogP contribution < -0.4 is 15.2 Å². The molecular formula is C17H29NO2. The second-order valence-electron chi connectivity index (χ2n) is 5.36. The van der Waals surface area contributed by atoms with Gasteiger partial charge in [-0.2, -0.15) is 0 Å². The fourth-order valence-electron chi connectivity index (χ4n) is 2.15. The summed E-state index contributed by atoms with van der Waals surface area (Å²) in [5.74, 6) is 2.38. The third-order valence-electron chi connectivity index (χ3n) is 3.23. The smallest absolute Gasteiger partial charge is 0.126 e. The molecule has 2 N–H and O–H groups in total. The Morgan fingerprint density at radius 2 is 1.95 bits per heavy atom. The molecule has 0 aromatic heterocycles. The summed E-state index contributed by atoms with van der Waals surface area (Å²) in [4.78, 5) is 0. The number of hydrogen-bond acceptors (Lipinski definition) is 3. The lowest BCUT2D eigenvalue weighted by Gasteiger charge is -2.16. The van der Waals surface area contributed by atoms with Crippen molar-refractivity contribution in [2.75, 3.05) is 19.8 Å². The SMILES string of the molecule is CCCOc1ccc(CCN)c(OCC(C)CCC)c1. The summed E-state index contributed by atoms with van der Waals surface area (Å²) in [6, 6.07) is 6.07. The number of rotatable bonds is 10. The molecule has 1 atom stereocenters. The number of nitrogens with two attached hydrogens (primary N) is 1. The molecule has 1 aromatic carbocycles. The zero-order valence-electron chi connectivity index (χ0n) is 13.2. The van der Waals surface area contributed by atoms with Crippen LogP contribution in [0, 0.1) is 5.92 Å². The predicted molar refractivity (Wildman–Crippen MR) is 84.6 cm³/mol. The van der Waals surface area contributed by atoms with Crippen molar-refractivity contribution in [3.63, 3.8) is 0 Å². The van der Waals surface area contributed by atoms with Crippen molar-refractivity contribution in [3.8, 4) is 11.5 Å². The van der Waals surface area contributed by atoms with Gasteiger partial charge in [-0.1, -0.05) is 33.3 Å². The molecule has 1 unspecified atom stereocenters. The molecule has 1 rings (SSSR count). The summed E-state index contributed by atoms with van der Waals surface area (Å²) in [6.07, 6.45) is 4.23. The molecule has 0 amide bonds. The molecule has 1 aromatic rings. The Bertz CT molecular complexity index is 379. The molecule has 0 heterocycles. The van der Waals surface area contributed by atoms with Crippen LogP contribution >= 0.6 is 0 Å². The largest absolute Gasteiger partial charge is 0.493 e. The van der Waals surface area contributed by atoms with Gasteiger partial charge in [-0.3, -0.25) is 0 Å². The maximum Gasteiger partial charge on any atom is 0.126 e. The quantitative estimate of drug-likeness (QED) is 0.708. The Morgan fingerprint density at radius 1 is 1.15 bits per heavy atom. The highest BCUT2D eigenvalue weighted by Crippen LogP contribution is 2.26. The lowest BCUT2D eigenvalue weighted by atomic mass is 10.1. The highest BCUT2D eigenvalue weighted by atomic mass is 16.5. The van der Waals surface area contributed by atoms with Crippen LogP contribution in [0.1, 0.15) is 45.6 Å². The number of benzene rings is 1. The van der Waals surface area contributed by atoms with E-state index in [1.54, 1.807) is 0 Å². The zero-order chi connectivity index (χ0) is 14.8. The van der Waals surface area contributed by atoms with Crippen LogP contribution in [0.3, 0.4) is 0 Å². The maximum absolute atomic E-state index is 5.99. The van der Waals surface area contributed by atoms with Crippen LogP contribution in [0.5, 0.6) is 11.5 Å². The first-order valence-electron chi connectivity index (χ1n) is 7.79. The standard InChI is InChI=1S/C17H29NO2/c1-4-6-14(3)13-20-17-12-16(19-11-5-2)8-7-15(17)9-10-18/h7-8,12,14H,4-6,9-11,13,18H2,1-3H3. The molecule has 3 nitrogen and oxygen atoms in total. The Hall–Kier alpha value is -1.22. The van der Waals surface area contributed by atoms with E-state index >= 15 is 0 Å². The molecule has 0 bridgehead atoms. The normalized spacial score (nSPS) is 12.2. The van der Waals surface area contributed by atoms with E-state index in [0.29, 0.717) is 12.5 Å². The maximum atomic E-state index is 5.99. The van der Waals surface area contributed by atoms with Gasteiger partial charge in [-0.25, -0.2) is 0 Å². The highest BCUT2D eigenvalue weighted by Gasteiger charge is 2.08. The number of hydrogen-bond donors (Lipinski definition) is 1. The first kappa shape index (κ1) is 16.8. The summed E-state index contributed by atoms with van der Waals surface area (Å²) in [5, 5.41) is 0. The average molecular weight is 279 g/mol. The van der Waals surface area contributed by atoms with Crippen LogP contribution in [0.2, 0.25) is 0 Å². The fraction of sp³-hybridized carbons (Fsp3) is 0.647. The van der Waals surface area contributed by atoms with Gasteiger partial charge in [0, 0.05) is 6.07 Å². The van der Waals surface area contributed by atoms with Gasteiger partial charge < -0.3 is 15.2 Å². The average Bonchev–Trinajstić information content (AvgIpc) is 2.45. The van der Waals surface area contributed by atoms with Crippen molar-refractivity contribution in [3.05, 3.63) is 23.8 Å². The van der Waals surface area contributed by atoms with E-state index in [-0.39, 0.29) is 0 Å². The predicted octanol–water partition coefficient (Wildman–Crippen LogP) is 3.79. The van der Waals surface area contributed by atoms with Crippen molar-refractivity contribution < 1.29 is 9.47 Å². The van der Waals surface area contributed by atoms with E-state index in [9.17, 15) is 0 Å². The van der Waals surface area contributed by atoms with Crippen LogP contribution in [0.4, 0.5) is 0 Å². The minimum absolute atomic E-state index is 0.575. The molecule has 0 fully saturated rings. The molecule has 0 radical (unpaired) electrons. The van der Waals surface area contributed by atoms with Crippen LogP contribution in [0.15, 0.2) is 18.2 Å². The molecule has 0 aliphatic heterocycles. The summed E-state index contributed by atoms with van der Waals surface area (Å²) in [5.41, 5.74) is 6.83. The topological polar surface area (TPSA) is 44.5 Å². The van der Waals surface area contributed by atoms with Crippen LogP contribution in [0.25, 0.3) is 0 Å². The molecule has 0 aliphatic carbocycles. The Kier molecular flexibility index (Phi) is 8.12. The second-order valence-corrected chi connectivity index (χ2v) is 5.36. The van der Waals surface area contributed by atoms with Crippen molar-refractivity contribution in [1.82, 2.24) is 0 Å². The monoisotopic (exact) mass is 279 g/mol. The van der Waals surface area contributed by atoms with Crippen molar-refractivity contribution in [2.24, 2.45) is 11.7 Å². The fourth-order valence-corrected chi connectivity index (χ4v) is 2.15. The molecule has 0 saturated heterocycles. The van der Waals surface area contributed by atoms with Gasteiger partial charge in [0.1, 0.15) is 11.5 Å². The van der Waals surface area contributed by atoms with Gasteiger partial charge in [0.05, 0.1) is 13.2 Å². The van der Waals surface area contributed by atoms with E-state index in [1.807, 2.05) is 12.1 Å². The van der Waals surface area contributed by atoms with E-state index in [4.69, 9.17) is 15.2 Å². The van der Waals surface area contributed by atoms with Crippen molar-refractivity contribution in [1.29, 1.82) is 0 Å². The summed E-state index contributed by atoms with van der Waals surface area (Å²) < 4.78 is 11.7. The Labute approximate surface area is 123 Å². The summed E-state index contributed by atoms with van der Waals surface area (Å²) in [6.45, 7) is 8.66. The number of ether oxygens (including phenoxy) is 2. The molecule has 114 valence electrons. The van der Waals surface area contributed by atoms with E-state index in [2.05, 4.69) is 26.8 Å². The first-order valence-corrected chi connectivity index (χ1v) is 7.79. The van der Waals surface area contributed by atoms with Gasteiger partial charge in [0.15, 0.2) is 0 Å². The highest BCUT2D eigenvalue weighted by molar-refractivity contribution is 5.41. The van der Waals surface area contributed by atoms with Gasteiger partial charge in [0.2, 0.25) is 0 Å². The van der Waals surface area contributed by atoms with Crippen LogP contribution in [-0.2, 0) is 6.42 Å². The summed E-state index contributed by atoms with van der Waals surface area (Å²) in [7, 11) is 0. The molecule has 20 heavy (non-hydrogen) atoms. The summed E-state index contributed by atoms with van der Waals surface area (Å²) >= 11 is 0. The third kappa shape index (κ3) is 5.83. The third-order valence-corrected chi connectivity index (χ3v) is 3.23. The molecule has 0 spiro atoms. The van der Waals surface area contributed by atoms with Crippen molar-refractivity contribution in [2.45, 2.75) is 46.5 Å². The minimum atomic E-state index is 0.575. The van der Waals surface area contributed by atoms with Gasteiger partial charge >= 0.3 is 0 Å². The first-order chi connectivity index (χ1) is 9.71. The molecule has 0 aliphatic rings. The minimum Gasteiger partial charge on any atom is -0.493 e. The van der Waals surface area contributed by atoms with E-state index < -0.39 is 0 Å². The Morgan fingerprint density at radius 3 is 2.60 bits per heavy atom. The van der Waals surface area contributed by atoms with E-state index in [0.717, 1.165) is 37.6 Å². The molecule has 3 heteroatoms. The van der Waals surface area contributed by atoms with E-state index in [1.165, 1.54) is 18.4 Å². The second kappa shape index (κ2) is 9.65. The molecular weight excluding hydrogens is 250 g/mol. The van der Waals surface area contributed by atoms with Crippen LogP contribution in [-0.4, -0.2) is 19.8 Å². The van der Waals surface area contributed by atoms with Gasteiger partial charge in [-0.15, -0.1) is 0 Å². The Balaban J connectivity index is 2.71. The van der Waals surface area contributed by atoms with Crippen molar-refractivity contribution >= 4 is 0 Å². The zero-order valence-corrected chi connectivity index (χ0v) is 13.2. The lowest BCUT2D eigenvalue weighted by molar-refractivity contribution is 0.247. The van der Waals surface area contributed by atoms with Gasteiger partial charge in [0.25, 0.3) is 0 Å². The molecule has 0 saturated carbocycles. The lowest BCUT2D eigenvalue weighted by Crippen LogP contribution is -2.11. The van der Waals surface area contributed by atoms with Gasteiger partial charge in [-0.05, 0) is 43.4 Å².